The highest BCUT2D eigenvalue weighted by atomic mass is 32.2. The average Bonchev–Trinajstić information content (AvgIpc) is 3.02. The molecule has 0 saturated carbocycles. The topological polar surface area (TPSA) is 64.6 Å². The summed E-state index contributed by atoms with van der Waals surface area (Å²) in [4.78, 5) is 0.394. The first-order valence-electron chi connectivity index (χ1n) is 9.42. The van der Waals surface area contributed by atoms with Gasteiger partial charge in [-0.15, -0.1) is 0 Å². The van der Waals surface area contributed by atoms with Crippen LogP contribution in [0, 0.1) is 13.8 Å². The molecule has 1 saturated heterocycles. The molecule has 0 bridgehead atoms. The maximum absolute atomic E-state index is 12.7. The van der Waals surface area contributed by atoms with E-state index in [-0.39, 0.29) is 11.5 Å². The molecule has 0 aliphatic carbocycles. The number of rotatable bonds is 8. The Balaban J connectivity index is 1.89. The van der Waals surface area contributed by atoms with Crippen molar-refractivity contribution in [3.05, 3.63) is 28.8 Å². The van der Waals surface area contributed by atoms with Crippen molar-refractivity contribution in [2.24, 2.45) is 0 Å². The van der Waals surface area contributed by atoms with Gasteiger partial charge in [0.15, 0.2) is 0 Å². The van der Waals surface area contributed by atoms with Gasteiger partial charge >= 0.3 is 0 Å². The number of benzene rings is 1. The molecule has 1 aromatic carbocycles. The lowest BCUT2D eigenvalue weighted by Gasteiger charge is -2.22. The number of sulfonamides is 1. The summed E-state index contributed by atoms with van der Waals surface area (Å²) in [7, 11) is -3.52. The molecule has 6 heteroatoms. The van der Waals surface area contributed by atoms with Crippen LogP contribution in [0.25, 0.3) is 0 Å². The molecule has 148 valence electrons. The van der Waals surface area contributed by atoms with E-state index < -0.39 is 10.0 Å². The molecule has 1 aliphatic heterocycles. The highest BCUT2D eigenvalue weighted by Gasteiger charge is 2.23. The first-order chi connectivity index (χ1) is 12.1. The lowest BCUT2D eigenvalue weighted by atomic mass is 9.85. The smallest absolute Gasteiger partial charge is 0.241 e. The van der Waals surface area contributed by atoms with Crippen LogP contribution >= 0.6 is 0 Å². The molecule has 26 heavy (non-hydrogen) atoms. The monoisotopic (exact) mass is 383 g/mol. The molecule has 0 unspecified atom stereocenters. The molecule has 0 spiro atoms. The summed E-state index contributed by atoms with van der Waals surface area (Å²) >= 11 is 0. The van der Waals surface area contributed by atoms with Gasteiger partial charge in [0.2, 0.25) is 10.0 Å². The fourth-order valence-electron chi connectivity index (χ4n) is 3.25. The van der Waals surface area contributed by atoms with Crippen molar-refractivity contribution in [2.45, 2.75) is 70.3 Å². The fraction of sp³-hybridized carbons (Fsp3) is 0.700. The summed E-state index contributed by atoms with van der Waals surface area (Å²) < 4.78 is 39.2. The van der Waals surface area contributed by atoms with Gasteiger partial charge in [-0.25, -0.2) is 13.1 Å². The minimum Gasteiger partial charge on any atom is -0.379 e. The summed E-state index contributed by atoms with van der Waals surface area (Å²) in [6, 6.07) is 3.96. The van der Waals surface area contributed by atoms with Crippen molar-refractivity contribution in [3.63, 3.8) is 0 Å². The Kier molecular flexibility index (Phi) is 7.25. The summed E-state index contributed by atoms with van der Waals surface area (Å²) in [5.41, 5.74) is 2.72. The Bertz CT molecular complexity index is 678. The van der Waals surface area contributed by atoms with E-state index in [1.165, 1.54) is 0 Å². The Morgan fingerprint density at radius 3 is 2.42 bits per heavy atom. The van der Waals surface area contributed by atoms with Gasteiger partial charge in [-0.1, -0.05) is 32.9 Å². The summed E-state index contributed by atoms with van der Waals surface area (Å²) in [6.45, 7) is 12.4. The minimum atomic E-state index is -3.52. The van der Waals surface area contributed by atoms with E-state index in [2.05, 4.69) is 25.5 Å². The zero-order valence-electron chi connectivity index (χ0n) is 16.7. The largest absolute Gasteiger partial charge is 0.379 e. The van der Waals surface area contributed by atoms with Gasteiger partial charge in [-0.05, 0) is 55.2 Å². The molecule has 1 heterocycles. The van der Waals surface area contributed by atoms with Crippen molar-refractivity contribution in [1.82, 2.24) is 4.72 Å². The van der Waals surface area contributed by atoms with Crippen LogP contribution in [0.2, 0.25) is 0 Å². The van der Waals surface area contributed by atoms with Gasteiger partial charge in [0.1, 0.15) is 0 Å². The van der Waals surface area contributed by atoms with Crippen LogP contribution in [0.1, 0.15) is 56.7 Å². The Hall–Kier alpha value is -0.950. The van der Waals surface area contributed by atoms with E-state index in [0.717, 1.165) is 36.1 Å². The summed E-state index contributed by atoms with van der Waals surface area (Å²) in [5.74, 6) is 0. The van der Waals surface area contributed by atoms with Crippen LogP contribution < -0.4 is 4.72 Å². The zero-order valence-corrected chi connectivity index (χ0v) is 17.5. The molecule has 1 N–H and O–H groups in total. The first-order valence-corrected chi connectivity index (χ1v) is 10.9. The quantitative estimate of drug-likeness (QED) is 0.698. The van der Waals surface area contributed by atoms with Gasteiger partial charge in [0, 0.05) is 19.8 Å². The van der Waals surface area contributed by atoms with Gasteiger partial charge in [0.25, 0.3) is 0 Å². The van der Waals surface area contributed by atoms with Crippen LogP contribution in [-0.4, -0.2) is 40.9 Å². The van der Waals surface area contributed by atoms with Crippen molar-refractivity contribution >= 4 is 10.0 Å². The SMILES string of the molecule is Cc1cc(C(C)(C)C)cc(C)c1S(=O)(=O)NCCCOC[C@@H]1CCCO1. The molecule has 0 radical (unpaired) electrons. The van der Waals surface area contributed by atoms with Crippen LogP contribution in [0.4, 0.5) is 0 Å². The Morgan fingerprint density at radius 1 is 1.23 bits per heavy atom. The Labute approximate surface area is 158 Å². The third-order valence-corrected chi connectivity index (χ3v) is 6.45. The van der Waals surface area contributed by atoms with Crippen LogP contribution in [0.3, 0.4) is 0 Å². The normalized spacial score (nSPS) is 18.4. The van der Waals surface area contributed by atoms with Crippen molar-refractivity contribution in [3.8, 4) is 0 Å². The maximum Gasteiger partial charge on any atom is 0.241 e. The van der Waals surface area contributed by atoms with Gasteiger partial charge in [-0.2, -0.15) is 0 Å². The number of hydrogen-bond acceptors (Lipinski definition) is 4. The molecule has 1 aliphatic rings. The number of ether oxygens (including phenoxy) is 2. The number of aryl methyl sites for hydroxylation is 2. The molecule has 2 rings (SSSR count). The van der Waals surface area contributed by atoms with Gasteiger partial charge < -0.3 is 9.47 Å². The van der Waals surface area contributed by atoms with Gasteiger partial charge in [0.05, 0.1) is 17.6 Å². The van der Waals surface area contributed by atoms with E-state index in [1.807, 2.05) is 26.0 Å². The predicted octanol–water partition coefficient (Wildman–Crippen LogP) is 3.46. The lowest BCUT2D eigenvalue weighted by molar-refractivity contribution is 0.0169. The summed E-state index contributed by atoms with van der Waals surface area (Å²) in [5, 5.41) is 0. The highest BCUT2D eigenvalue weighted by molar-refractivity contribution is 7.89. The second kappa shape index (κ2) is 8.83. The second-order valence-electron chi connectivity index (χ2n) is 8.15. The summed E-state index contributed by atoms with van der Waals surface area (Å²) in [6.07, 6.45) is 3.00. The van der Waals surface area contributed by atoms with Crippen LogP contribution in [0.15, 0.2) is 17.0 Å². The highest BCUT2D eigenvalue weighted by Crippen LogP contribution is 2.29. The number of hydrogen-bond donors (Lipinski definition) is 1. The van der Waals surface area contributed by atoms with Crippen LogP contribution in [-0.2, 0) is 24.9 Å². The fourth-order valence-corrected chi connectivity index (χ4v) is 4.77. The standard InChI is InChI=1S/C20H33NO4S/c1-15-12-17(20(3,4)5)13-16(2)19(15)26(22,23)21-9-7-10-24-14-18-8-6-11-25-18/h12-13,18,21H,6-11,14H2,1-5H3/t18-/m0/s1. The van der Waals surface area contributed by atoms with E-state index in [1.54, 1.807) is 0 Å². The van der Waals surface area contributed by atoms with E-state index in [9.17, 15) is 8.42 Å². The van der Waals surface area contributed by atoms with E-state index >= 15 is 0 Å². The number of nitrogens with one attached hydrogen (secondary N) is 1. The molecule has 0 aromatic heterocycles. The van der Waals surface area contributed by atoms with E-state index in [0.29, 0.717) is 31.1 Å². The molecule has 1 fully saturated rings. The first kappa shape index (κ1) is 21.4. The van der Waals surface area contributed by atoms with Crippen molar-refractivity contribution in [1.29, 1.82) is 0 Å². The molecule has 0 amide bonds. The average molecular weight is 384 g/mol. The van der Waals surface area contributed by atoms with Gasteiger partial charge in [-0.3, -0.25) is 0 Å². The molecule has 5 nitrogen and oxygen atoms in total. The predicted molar refractivity (Wildman–Crippen MR) is 104 cm³/mol. The third-order valence-electron chi connectivity index (χ3n) is 4.68. The molecule has 1 aromatic rings. The lowest BCUT2D eigenvalue weighted by Crippen LogP contribution is -2.27. The molecular formula is C20H33NO4S. The van der Waals surface area contributed by atoms with Crippen molar-refractivity contribution < 1.29 is 17.9 Å². The zero-order chi connectivity index (χ0) is 19.4. The maximum atomic E-state index is 12.7. The molecule has 1 atom stereocenters. The molecular weight excluding hydrogens is 350 g/mol. The van der Waals surface area contributed by atoms with Crippen LogP contribution in [0.5, 0.6) is 0 Å². The third kappa shape index (κ3) is 5.78. The minimum absolute atomic E-state index is 0.00832. The van der Waals surface area contributed by atoms with E-state index in [4.69, 9.17) is 9.47 Å². The Morgan fingerprint density at radius 2 is 1.88 bits per heavy atom. The second-order valence-corrected chi connectivity index (χ2v) is 9.85. The van der Waals surface area contributed by atoms with Crippen molar-refractivity contribution in [2.75, 3.05) is 26.4 Å².